The van der Waals surface area contributed by atoms with Crippen molar-refractivity contribution in [1.82, 2.24) is 0 Å². The number of aliphatic hydroxyl groups excluding tert-OH is 2. The summed E-state index contributed by atoms with van der Waals surface area (Å²) in [4.78, 5) is 0. The van der Waals surface area contributed by atoms with E-state index in [2.05, 4.69) is 54.6 Å². The summed E-state index contributed by atoms with van der Waals surface area (Å²) in [6, 6.07) is 22.9. The van der Waals surface area contributed by atoms with Gasteiger partial charge >= 0.3 is 0 Å². The van der Waals surface area contributed by atoms with E-state index in [0.717, 1.165) is 11.1 Å². The molecule has 0 saturated carbocycles. The van der Waals surface area contributed by atoms with Crippen LogP contribution < -0.4 is 0 Å². The third kappa shape index (κ3) is 2.35. The van der Waals surface area contributed by atoms with E-state index in [4.69, 9.17) is 0 Å². The molecule has 4 rings (SSSR count). The average molecular weight is 316 g/mol. The summed E-state index contributed by atoms with van der Waals surface area (Å²) >= 11 is 0. The summed E-state index contributed by atoms with van der Waals surface area (Å²) in [7, 11) is 0. The van der Waals surface area contributed by atoms with E-state index in [1.54, 1.807) is 0 Å². The zero-order valence-corrected chi connectivity index (χ0v) is 13.4. The van der Waals surface area contributed by atoms with Gasteiger partial charge in [-0.3, -0.25) is 0 Å². The first-order valence-corrected chi connectivity index (χ1v) is 8.34. The number of benzene rings is 3. The van der Waals surface area contributed by atoms with Crippen molar-refractivity contribution in [3.05, 3.63) is 83.4 Å². The fourth-order valence-electron chi connectivity index (χ4n) is 3.87. The molecule has 0 aromatic heterocycles. The second kappa shape index (κ2) is 6.23. The van der Waals surface area contributed by atoms with Crippen LogP contribution >= 0.6 is 0 Å². The van der Waals surface area contributed by atoms with Crippen molar-refractivity contribution in [2.24, 2.45) is 5.92 Å². The third-order valence-electron chi connectivity index (χ3n) is 5.00. The molecule has 120 valence electrons. The van der Waals surface area contributed by atoms with E-state index in [1.807, 2.05) is 18.2 Å². The third-order valence-corrected chi connectivity index (χ3v) is 5.00. The van der Waals surface area contributed by atoms with Crippen LogP contribution in [0.3, 0.4) is 0 Å². The quantitative estimate of drug-likeness (QED) is 0.761. The van der Waals surface area contributed by atoms with Crippen molar-refractivity contribution < 1.29 is 10.2 Å². The lowest BCUT2D eigenvalue weighted by atomic mass is 9.72. The Morgan fingerprint density at radius 3 is 2.21 bits per heavy atom. The predicted octanol–water partition coefficient (Wildman–Crippen LogP) is 4.08. The Hall–Kier alpha value is -2.42. The lowest BCUT2D eigenvalue weighted by Gasteiger charge is -2.32. The van der Waals surface area contributed by atoms with Gasteiger partial charge in [-0.05, 0) is 39.1 Å². The van der Waals surface area contributed by atoms with E-state index in [1.165, 1.54) is 21.9 Å². The zero-order valence-electron chi connectivity index (χ0n) is 13.4. The van der Waals surface area contributed by atoms with Gasteiger partial charge in [-0.25, -0.2) is 0 Å². The standard InChI is InChI=1S/C22H20O2/c23-13-18(14-24)22-19-11-5-9-16-8-4-10-17(21(16)19)12-20(22)15-6-2-1-3-7-15/h1-12,18,22-24H,13-14H2. The van der Waals surface area contributed by atoms with Gasteiger partial charge in [0, 0.05) is 25.0 Å². The van der Waals surface area contributed by atoms with Gasteiger partial charge in [0.25, 0.3) is 0 Å². The van der Waals surface area contributed by atoms with Gasteiger partial charge in [0.15, 0.2) is 0 Å². The van der Waals surface area contributed by atoms with Gasteiger partial charge in [-0.1, -0.05) is 66.7 Å². The Balaban J connectivity index is 2.01. The highest BCUT2D eigenvalue weighted by atomic mass is 16.3. The van der Waals surface area contributed by atoms with Gasteiger partial charge in [-0.2, -0.15) is 0 Å². The van der Waals surface area contributed by atoms with Crippen molar-refractivity contribution in [3.63, 3.8) is 0 Å². The van der Waals surface area contributed by atoms with Gasteiger partial charge < -0.3 is 10.2 Å². The van der Waals surface area contributed by atoms with E-state index >= 15 is 0 Å². The molecular formula is C22H20O2. The molecule has 3 aromatic rings. The summed E-state index contributed by atoms with van der Waals surface area (Å²) in [5, 5.41) is 22.2. The lowest BCUT2D eigenvalue weighted by molar-refractivity contribution is 0.142. The maximum Gasteiger partial charge on any atom is 0.0490 e. The Labute approximate surface area is 141 Å². The second-order valence-electron chi connectivity index (χ2n) is 6.36. The SMILES string of the molecule is OCC(CO)C1C(c2ccccc2)=Cc2cccc3cccc1c23. The number of allylic oxidation sites excluding steroid dienone is 1. The van der Waals surface area contributed by atoms with Crippen LogP contribution in [0.5, 0.6) is 0 Å². The minimum atomic E-state index is -0.213. The monoisotopic (exact) mass is 316 g/mol. The molecule has 2 heteroatoms. The van der Waals surface area contributed by atoms with Crippen LogP contribution in [0.25, 0.3) is 22.4 Å². The maximum absolute atomic E-state index is 9.86. The van der Waals surface area contributed by atoms with Crippen molar-refractivity contribution in [3.8, 4) is 0 Å². The number of rotatable bonds is 4. The Morgan fingerprint density at radius 2 is 1.50 bits per heavy atom. The molecule has 24 heavy (non-hydrogen) atoms. The van der Waals surface area contributed by atoms with Gasteiger partial charge in [0.1, 0.15) is 0 Å². The first kappa shape index (κ1) is 15.1. The van der Waals surface area contributed by atoms with Gasteiger partial charge in [-0.15, -0.1) is 0 Å². The minimum absolute atomic E-state index is 0.0130. The molecule has 0 fully saturated rings. The molecule has 1 aliphatic rings. The maximum atomic E-state index is 9.86. The average Bonchev–Trinajstić information content (AvgIpc) is 2.65. The Bertz CT molecular complexity index is 887. The van der Waals surface area contributed by atoms with E-state index in [9.17, 15) is 10.2 Å². The van der Waals surface area contributed by atoms with Crippen LogP contribution in [-0.4, -0.2) is 23.4 Å². The molecule has 0 amide bonds. The molecule has 0 bridgehead atoms. The predicted molar refractivity (Wildman–Crippen MR) is 98.7 cm³/mol. The first-order chi connectivity index (χ1) is 11.8. The Morgan fingerprint density at radius 1 is 0.792 bits per heavy atom. The van der Waals surface area contributed by atoms with Crippen LogP contribution in [0, 0.1) is 5.92 Å². The Kier molecular flexibility index (Phi) is 3.93. The number of hydrogen-bond acceptors (Lipinski definition) is 2. The van der Waals surface area contributed by atoms with Crippen LogP contribution in [0.15, 0.2) is 66.7 Å². The number of hydrogen-bond donors (Lipinski definition) is 2. The molecule has 3 aromatic carbocycles. The zero-order chi connectivity index (χ0) is 16.5. The van der Waals surface area contributed by atoms with E-state index in [-0.39, 0.29) is 25.0 Å². The van der Waals surface area contributed by atoms with Crippen LogP contribution in [-0.2, 0) is 0 Å². The fourth-order valence-corrected chi connectivity index (χ4v) is 3.87. The van der Waals surface area contributed by atoms with Gasteiger partial charge in [0.2, 0.25) is 0 Å². The molecule has 1 unspecified atom stereocenters. The van der Waals surface area contributed by atoms with Crippen LogP contribution in [0.1, 0.15) is 22.6 Å². The van der Waals surface area contributed by atoms with Gasteiger partial charge in [0.05, 0.1) is 0 Å². The van der Waals surface area contributed by atoms with Crippen LogP contribution in [0.4, 0.5) is 0 Å². The number of aliphatic hydroxyl groups is 2. The molecule has 0 saturated heterocycles. The molecular weight excluding hydrogens is 296 g/mol. The molecule has 1 aliphatic carbocycles. The molecule has 2 nitrogen and oxygen atoms in total. The summed E-state index contributed by atoms with van der Waals surface area (Å²) in [5.41, 5.74) is 4.70. The highest BCUT2D eigenvalue weighted by molar-refractivity contribution is 6.03. The van der Waals surface area contributed by atoms with Crippen molar-refractivity contribution in [2.75, 3.05) is 13.2 Å². The van der Waals surface area contributed by atoms with Crippen molar-refractivity contribution in [1.29, 1.82) is 0 Å². The molecule has 1 atom stereocenters. The van der Waals surface area contributed by atoms with Crippen molar-refractivity contribution >= 4 is 22.4 Å². The van der Waals surface area contributed by atoms with Crippen molar-refractivity contribution in [2.45, 2.75) is 5.92 Å². The smallest absolute Gasteiger partial charge is 0.0490 e. The molecule has 0 spiro atoms. The molecule has 0 radical (unpaired) electrons. The largest absolute Gasteiger partial charge is 0.396 e. The molecule has 2 N–H and O–H groups in total. The first-order valence-electron chi connectivity index (χ1n) is 8.34. The highest BCUT2D eigenvalue weighted by Gasteiger charge is 2.31. The summed E-state index contributed by atoms with van der Waals surface area (Å²) < 4.78 is 0. The van der Waals surface area contributed by atoms with E-state index < -0.39 is 0 Å². The fraction of sp³-hybridized carbons (Fsp3) is 0.182. The molecule has 0 aliphatic heterocycles. The second-order valence-corrected chi connectivity index (χ2v) is 6.36. The minimum Gasteiger partial charge on any atom is -0.396 e. The highest BCUT2D eigenvalue weighted by Crippen LogP contribution is 2.46. The molecule has 0 heterocycles. The summed E-state index contributed by atoms with van der Waals surface area (Å²) in [6.45, 7) is -0.0756. The summed E-state index contributed by atoms with van der Waals surface area (Å²) in [6.07, 6.45) is 2.22. The summed E-state index contributed by atoms with van der Waals surface area (Å²) in [5.74, 6) is -0.226. The lowest BCUT2D eigenvalue weighted by Crippen LogP contribution is -2.23. The van der Waals surface area contributed by atoms with E-state index in [0.29, 0.717) is 0 Å². The topological polar surface area (TPSA) is 40.5 Å². The normalized spacial score (nSPS) is 16.5. The van der Waals surface area contributed by atoms with Crippen LogP contribution in [0.2, 0.25) is 0 Å².